The topological polar surface area (TPSA) is 47.3 Å². The lowest BCUT2D eigenvalue weighted by Crippen LogP contribution is -2.42. The molecule has 108 valence electrons. The SMILES string of the molecule is CCOC(C1CCCCC1)C(NN)c1cscc1Br. The average molecular weight is 347 g/mol. The molecule has 1 aliphatic rings. The number of nitrogens with two attached hydrogens (primary N) is 1. The summed E-state index contributed by atoms with van der Waals surface area (Å²) >= 11 is 5.30. The van der Waals surface area contributed by atoms with E-state index in [0.717, 1.165) is 11.1 Å². The molecule has 1 aromatic rings. The Kier molecular flexibility index (Phi) is 6.29. The van der Waals surface area contributed by atoms with E-state index in [4.69, 9.17) is 10.6 Å². The first kappa shape index (κ1) is 15.4. The fourth-order valence-corrected chi connectivity index (χ4v) is 4.61. The van der Waals surface area contributed by atoms with Crippen LogP contribution in [-0.4, -0.2) is 12.7 Å². The minimum atomic E-state index is 0.0728. The third kappa shape index (κ3) is 3.79. The van der Waals surface area contributed by atoms with E-state index in [9.17, 15) is 0 Å². The number of hydrazine groups is 1. The van der Waals surface area contributed by atoms with Crippen LogP contribution in [-0.2, 0) is 4.74 Å². The molecule has 1 saturated carbocycles. The molecule has 0 aliphatic heterocycles. The first-order valence-corrected chi connectivity index (χ1v) is 8.80. The van der Waals surface area contributed by atoms with Gasteiger partial charge in [0.15, 0.2) is 0 Å². The highest BCUT2D eigenvalue weighted by molar-refractivity contribution is 9.10. The minimum absolute atomic E-state index is 0.0728. The van der Waals surface area contributed by atoms with Crippen LogP contribution in [0.25, 0.3) is 0 Å². The molecule has 0 radical (unpaired) electrons. The number of hydrogen-bond donors (Lipinski definition) is 2. The molecule has 2 atom stereocenters. The Morgan fingerprint density at radius 3 is 2.68 bits per heavy atom. The lowest BCUT2D eigenvalue weighted by molar-refractivity contribution is -0.0184. The van der Waals surface area contributed by atoms with Gasteiger partial charge in [-0.25, -0.2) is 0 Å². The number of hydrogen-bond acceptors (Lipinski definition) is 4. The van der Waals surface area contributed by atoms with Crippen molar-refractivity contribution < 1.29 is 4.74 Å². The third-order valence-corrected chi connectivity index (χ3v) is 5.71. The highest BCUT2D eigenvalue weighted by Crippen LogP contribution is 2.37. The molecule has 19 heavy (non-hydrogen) atoms. The number of rotatable bonds is 6. The molecule has 0 amide bonds. The molecular weight excluding hydrogens is 324 g/mol. The summed E-state index contributed by atoms with van der Waals surface area (Å²) in [5.74, 6) is 6.44. The van der Waals surface area contributed by atoms with E-state index < -0.39 is 0 Å². The van der Waals surface area contributed by atoms with Gasteiger partial charge < -0.3 is 4.74 Å². The van der Waals surface area contributed by atoms with Gasteiger partial charge in [-0.3, -0.25) is 11.3 Å². The van der Waals surface area contributed by atoms with E-state index in [1.165, 1.54) is 37.7 Å². The van der Waals surface area contributed by atoms with Gasteiger partial charge in [0.05, 0.1) is 12.1 Å². The van der Waals surface area contributed by atoms with Crippen LogP contribution in [0.2, 0.25) is 0 Å². The predicted molar refractivity (Wildman–Crippen MR) is 84.1 cm³/mol. The normalized spacial score (nSPS) is 20.4. The molecule has 1 heterocycles. The van der Waals surface area contributed by atoms with Crippen molar-refractivity contribution in [2.24, 2.45) is 11.8 Å². The summed E-state index contributed by atoms with van der Waals surface area (Å²) in [7, 11) is 0. The second kappa shape index (κ2) is 7.74. The first-order chi connectivity index (χ1) is 9.27. The van der Waals surface area contributed by atoms with Crippen LogP contribution >= 0.6 is 27.3 Å². The maximum Gasteiger partial charge on any atom is 0.0811 e. The monoisotopic (exact) mass is 346 g/mol. The van der Waals surface area contributed by atoms with Crippen LogP contribution in [0.5, 0.6) is 0 Å². The van der Waals surface area contributed by atoms with E-state index in [1.54, 1.807) is 11.3 Å². The summed E-state index contributed by atoms with van der Waals surface area (Å²) < 4.78 is 7.18. The predicted octanol–water partition coefficient (Wildman–Crippen LogP) is 4.00. The Morgan fingerprint density at radius 2 is 2.16 bits per heavy atom. The molecule has 0 spiro atoms. The Balaban J connectivity index is 2.17. The van der Waals surface area contributed by atoms with E-state index in [0.29, 0.717) is 5.92 Å². The minimum Gasteiger partial charge on any atom is -0.376 e. The van der Waals surface area contributed by atoms with Crippen LogP contribution in [0.1, 0.15) is 50.6 Å². The Hall–Kier alpha value is 0.0600. The standard InChI is InChI=1S/C14H23BrN2OS/c1-2-18-14(10-6-4-3-5-7-10)13(17-16)11-8-19-9-12(11)15/h8-10,13-14,17H,2-7,16H2,1H3. The molecular formula is C14H23BrN2OS. The van der Waals surface area contributed by atoms with Crippen molar-refractivity contribution in [2.75, 3.05) is 6.61 Å². The Morgan fingerprint density at radius 1 is 1.42 bits per heavy atom. The molecule has 1 aromatic heterocycles. The number of ether oxygens (including phenoxy) is 1. The third-order valence-electron chi connectivity index (χ3n) is 3.96. The van der Waals surface area contributed by atoms with Crippen LogP contribution in [0.4, 0.5) is 0 Å². The van der Waals surface area contributed by atoms with Crippen molar-refractivity contribution in [2.45, 2.75) is 51.2 Å². The van der Waals surface area contributed by atoms with Crippen molar-refractivity contribution >= 4 is 27.3 Å². The van der Waals surface area contributed by atoms with Crippen LogP contribution in [0, 0.1) is 5.92 Å². The summed E-state index contributed by atoms with van der Waals surface area (Å²) in [5, 5.41) is 4.26. The van der Waals surface area contributed by atoms with Gasteiger partial charge in [-0.1, -0.05) is 19.3 Å². The summed E-state index contributed by atoms with van der Waals surface area (Å²) in [6.07, 6.45) is 6.67. The molecule has 1 fully saturated rings. The second-order valence-electron chi connectivity index (χ2n) is 5.14. The van der Waals surface area contributed by atoms with Gasteiger partial charge in [-0.05, 0) is 52.6 Å². The highest BCUT2D eigenvalue weighted by Gasteiger charge is 2.32. The zero-order valence-electron chi connectivity index (χ0n) is 11.4. The molecule has 0 aromatic carbocycles. The van der Waals surface area contributed by atoms with E-state index >= 15 is 0 Å². The van der Waals surface area contributed by atoms with Crippen LogP contribution < -0.4 is 11.3 Å². The van der Waals surface area contributed by atoms with Gasteiger partial charge >= 0.3 is 0 Å². The van der Waals surface area contributed by atoms with Gasteiger partial charge in [0.25, 0.3) is 0 Å². The van der Waals surface area contributed by atoms with Crippen LogP contribution in [0.3, 0.4) is 0 Å². The largest absolute Gasteiger partial charge is 0.376 e. The van der Waals surface area contributed by atoms with E-state index in [1.807, 2.05) is 0 Å². The maximum atomic E-state index is 6.05. The summed E-state index contributed by atoms with van der Waals surface area (Å²) in [4.78, 5) is 0. The van der Waals surface area contributed by atoms with E-state index in [-0.39, 0.29) is 12.1 Å². The maximum absolute atomic E-state index is 6.05. The quantitative estimate of drug-likeness (QED) is 0.604. The lowest BCUT2D eigenvalue weighted by atomic mass is 9.81. The summed E-state index contributed by atoms with van der Waals surface area (Å²) in [6, 6.07) is 0.0728. The number of nitrogens with one attached hydrogen (secondary N) is 1. The molecule has 5 heteroatoms. The van der Waals surface area contributed by atoms with Crippen molar-refractivity contribution in [3.05, 3.63) is 20.8 Å². The van der Waals surface area contributed by atoms with Gasteiger partial charge in [0.2, 0.25) is 0 Å². The van der Waals surface area contributed by atoms with Crippen molar-refractivity contribution in [1.82, 2.24) is 5.43 Å². The zero-order chi connectivity index (χ0) is 13.7. The highest BCUT2D eigenvalue weighted by atomic mass is 79.9. The van der Waals surface area contributed by atoms with Crippen molar-refractivity contribution in [3.63, 3.8) is 0 Å². The second-order valence-corrected chi connectivity index (χ2v) is 6.74. The molecule has 1 aliphatic carbocycles. The fraction of sp³-hybridized carbons (Fsp3) is 0.714. The Labute approximate surface area is 128 Å². The molecule has 0 saturated heterocycles. The summed E-state index contributed by atoms with van der Waals surface area (Å²) in [5.41, 5.74) is 4.20. The fourth-order valence-electron chi connectivity index (χ4n) is 3.03. The average Bonchev–Trinajstić information content (AvgIpc) is 2.86. The van der Waals surface area contributed by atoms with Crippen molar-refractivity contribution in [1.29, 1.82) is 0 Å². The van der Waals surface area contributed by atoms with Gasteiger partial charge in [0, 0.05) is 16.5 Å². The molecule has 2 unspecified atom stereocenters. The smallest absolute Gasteiger partial charge is 0.0811 e. The first-order valence-electron chi connectivity index (χ1n) is 7.07. The van der Waals surface area contributed by atoms with Crippen LogP contribution in [0.15, 0.2) is 15.2 Å². The van der Waals surface area contributed by atoms with Crippen molar-refractivity contribution in [3.8, 4) is 0 Å². The zero-order valence-corrected chi connectivity index (χ0v) is 13.8. The molecule has 3 nitrogen and oxygen atoms in total. The van der Waals surface area contributed by atoms with Gasteiger partial charge in [0.1, 0.15) is 0 Å². The summed E-state index contributed by atoms with van der Waals surface area (Å²) in [6.45, 7) is 2.80. The molecule has 0 bridgehead atoms. The lowest BCUT2D eigenvalue weighted by Gasteiger charge is -2.35. The van der Waals surface area contributed by atoms with Gasteiger partial charge in [-0.15, -0.1) is 0 Å². The molecule has 2 rings (SSSR count). The van der Waals surface area contributed by atoms with E-state index in [2.05, 4.69) is 39.0 Å². The number of halogens is 1. The van der Waals surface area contributed by atoms with Gasteiger partial charge in [-0.2, -0.15) is 11.3 Å². The Bertz CT molecular complexity index is 379. The molecule has 3 N–H and O–H groups in total. The number of thiophene rings is 1.